The normalized spacial score (nSPS) is 18.0. The molecule has 2 aliphatic rings. The average molecular weight is 416 g/mol. The van der Waals surface area contributed by atoms with Crippen LogP contribution < -0.4 is 16.0 Å². The standard InChI is InChI=1S/C20H18ClN3O3S/c21-12-4-7-16-15(9-12)24-20(27)17(28-16)10-18(25)22-14-3-1-2-11(8-14)19(26)23-13-5-6-13/h1-4,7-9,13,17H,5-6,10H2,(H,22,25)(H,23,26)(H,24,27). The molecule has 1 aliphatic carbocycles. The van der Waals surface area contributed by atoms with E-state index in [1.807, 2.05) is 6.07 Å². The SMILES string of the molecule is O=C(CC1Sc2ccc(Cl)cc2NC1=O)Nc1cccc(C(=O)NC2CC2)c1. The number of carbonyl (C=O) groups is 3. The van der Waals surface area contributed by atoms with Crippen LogP contribution in [0.25, 0.3) is 0 Å². The van der Waals surface area contributed by atoms with E-state index in [-0.39, 0.29) is 30.2 Å². The molecule has 28 heavy (non-hydrogen) atoms. The van der Waals surface area contributed by atoms with E-state index in [2.05, 4.69) is 16.0 Å². The van der Waals surface area contributed by atoms with E-state index in [0.29, 0.717) is 22.0 Å². The summed E-state index contributed by atoms with van der Waals surface area (Å²) in [5, 5.41) is 8.49. The third kappa shape index (κ3) is 4.48. The lowest BCUT2D eigenvalue weighted by Crippen LogP contribution is -2.32. The molecule has 0 aromatic heterocycles. The molecule has 1 saturated carbocycles. The third-order valence-electron chi connectivity index (χ3n) is 4.45. The molecule has 1 atom stereocenters. The summed E-state index contributed by atoms with van der Waals surface area (Å²) in [5.41, 5.74) is 1.69. The van der Waals surface area contributed by atoms with Crippen LogP contribution in [0.1, 0.15) is 29.6 Å². The van der Waals surface area contributed by atoms with Gasteiger partial charge in [-0.15, -0.1) is 11.8 Å². The van der Waals surface area contributed by atoms with E-state index in [9.17, 15) is 14.4 Å². The van der Waals surface area contributed by atoms with Crippen LogP contribution in [0.2, 0.25) is 5.02 Å². The van der Waals surface area contributed by atoms with Crippen LogP contribution in [0.15, 0.2) is 47.4 Å². The van der Waals surface area contributed by atoms with Crippen LogP contribution in [0.3, 0.4) is 0 Å². The molecule has 1 heterocycles. The fourth-order valence-electron chi connectivity index (χ4n) is 2.87. The molecule has 144 valence electrons. The van der Waals surface area contributed by atoms with Crippen molar-refractivity contribution in [3.05, 3.63) is 53.1 Å². The molecule has 3 N–H and O–H groups in total. The number of fused-ring (bicyclic) bond motifs is 1. The fraction of sp³-hybridized carbons (Fsp3) is 0.250. The molecule has 6 nitrogen and oxygen atoms in total. The van der Waals surface area contributed by atoms with Gasteiger partial charge in [0.05, 0.1) is 10.9 Å². The summed E-state index contributed by atoms with van der Waals surface area (Å²) in [6, 6.07) is 12.3. The predicted molar refractivity (Wildman–Crippen MR) is 110 cm³/mol. The van der Waals surface area contributed by atoms with E-state index in [4.69, 9.17) is 11.6 Å². The smallest absolute Gasteiger partial charge is 0.251 e. The van der Waals surface area contributed by atoms with Gasteiger partial charge in [0, 0.05) is 33.6 Å². The van der Waals surface area contributed by atoms with E-state index in [0.717, 1.165) is 17.7 Å². The number of halogens is 1. The lowest BCUT2D eigenvalue weighted by molar-refractivity contribution is -0.120. The minimum Gasteiger partial charge on any atom is -0.349 e. The van der Waals surface area contributed by atoms with Crippen LogP contribution >= 0.6 is 23.4 Å². The molecule has 2 aromatic rings. The van der Waals surface area contributed by atoms with Crippen molar-refractivity contribution >= 4 is 52.5 Å². The van der Waals surface area contributed by atoms with E-state index < -0.39 is 5.25 Å². The summed E-state index contributed by atoms with van der Waals surface area (Å²) < 4.78 is 0. The van der Waals surface area contributed by atoms with Crippen molar-refractivity contribution in [3.8, 4) is 0 Å². The molecule has 3 amide bonds. The van der Waals surface area contributed by atoms with Crippen molar-refractivity contribution in [2.75, 3.05) is 10.6 Å². The van der Waals surface area contributed by atoms with E-state index >= 15 is 0 Å². The Morgan fingerprint density at radius 2 is 2.00 bits per heavy atom. The zero-order valence-corrected chi connectivity index (χ0v) is 16.4. The van der Waals surface area contributed by atoms with Gasteiger partial charge in [0.2, 0.25) is 11.8 Å². The average Bonchev–Trinajstić information content (AvgIpc) is 3.46. The molecule has 4 rings (SSSR count). The Balaban J connectivity index is 1.38. The number of thioether (sulfide) groups is 1. The first-order chi connectivity index (χ1) is 13.5. The maximum atomic E-state index is 12.4. The van der Waals surface area contributed by atoms with Crippen molar-refractivity contribution in [2.45, 2.75) is 35.4 Å². The van der Waals surface area contributed by atoms with Crippen molar-refractivity contribution in [2.24, 2.45) is 0 Å². The molecule has 1 fully saturated rings. The molecule has 1 aliphatic heterocycles. The fourth-order valence-corrected chi connectivity index (χ4v) is 4.13. The highest BCUT2D eigenvalue weighted by atomic mass is 35.5. The van der Waals surface area contributed by atoms with Crippen LogP contribution in [0.5, 0.6) is 0 Å². The van der Waals surface area contributed by atoms with Crippen LogP contribution in [-0.4, -0.2) is 29.0 Å². The van der Waals surface area contributed by atoms with Gasteiger partial charge in [-0.3, -0.25) is 14.4 Å². The van der Waals surface area contributed by atoms with Crippen molar-refractivity contribution < 1.29 is 14.4 Å². The predicted octanol–water partition coefficient (Wildman–Crippen LogP) is 3.67. The van der Waals surface area contributed by atoms with Gasteiger partial charge in [-0.05, 0) is 49.2 Å². The molecule has 0 spiro atoms. The minimum atomic E-state index is -0.532. The molecular formula is C20H18ClN3O3S. The van der Waals surface area contributed by atoms with Crippen molar-refractivity contribution in [3.63, 3.8) is 0 Å². The molecule has 0 saturated heterocycles. The maximum absolute atomic E-state index is 12.4. The zero-order valence-electron chi connectivity index (χ0n) is 14.8. The van der Waals surface area contributed by atoms with Crippen LogP contribution in [-0.2, 0) is 9.59 Å². The van der Waals surface area contributed by atoms with Gasteiger partial charge in [-0.25, -0.2) is 0 Å². The Morgan fingerprint density at radius 1 is 1.18 bits per heavy atom. The molecule has 2 aromatic carbocycles. The monoisotopic (exact) mass is 415 g/mol. The summed E-state index contributed by atoms with van der Waals surface area (Å²) in [6.07, 6.45) is 2.05. The Kier molecular flexibility index (Phi) is 5.28. The van der Waals surface area contributed by atoms with Gasteiger partial charge in [0.1, 0.15) is 0 Å². The molecule has 1 unspecified atom stereocenters. The highest BCUT2D eigenvalue weighted by Gasteiger charge is 2.29. The second-order valence-electron chi connectivity index (χ2n) is 6.82. The van der Waals surface area contributed by atoms with Crippen molar-refractivity contribution in [1.82, 2.24) is 5.32 Å². The van der Waals surface area contributed by atoms with Gasteiger partial charge in [-0.1, -0.05) is 17.7 Å². The number of rotatable bonds is 5. The highest BCUT2D eigenvalue weighted by Crippen LogP contribution is 2.38. The quantitative estimate of drug-likeness (QED) is 0.695. The van der Waals surface area contributed by atoms with E-state index in [1.54, 1.807) is 36.4 Å². The number of nitrogens with one attached hydrogen (secondary N) is 3. The first kappa shape index (κ1) is 18.8. The van der Waals surface area contributed by atoms with Gasteiger partial charge in [-0.2, -0.15) is 0 Å². The number of benzene rings is 2. The first-order valence-electron chi connectivity index (χ1n) is 8.96. The maximum Gasteiger partial charge on any atom is 0.251 e. The highest BCUT2D eigenvalue weighted by molar-refractivity contribution is 8.01. The van der Waals surface area contributed by atoms with E-state index in [1.165, 1.54) is 11.8 Å². The third-order valence-corrected chi connectivity index (χ3v) is 5.96. The van der Waals surface area contributed by atoms with Crippen molar-refractivity contribution in [1.29, 1.82) is 0 Å². The lowest BCUT2D eigenvalue weighted by Gasteiger charge is -2.23. The second-order valence-corrected chi connectivity index (χ2v) is 8.50. The Hall–Kier alpha value is -2.51. The molecule has 8 heteroatoms. The number of hydrogen-bond acceptors (Lipinski definition) is 4. The van der Waals surface area contributed by atoms with Gasteiger partial charge in [0.25, 0.3) is 5.91 Å². The van der Waals surface area contributed by atoms with Gasteiger partial charge >= 0.3 is 0 Å². The number of hydrogen-bond donors (Lipinski definition) is 3. The van der Waals surface area contributed by atoms with Gasteiger partial charge < -0.3 is 16.0 Å². The first-order valence-corrected chi connectivity index (χ1v) is 10.2. The molecule has 0 bridgehead atoms. The van der Waals surface area contributed by atoms with Crippen LogP contribution in [0, 0.1) is 0 Å². The van der Waals surface area contributed by atoms with Crippen LogP contribution in [0.4, 0.5) is 11.4 Å². The summed E-state index contributed by atoms with van der Waals surface area (Å²) in [5.74, 6) is -0.659. The second kappa shape index (κ2) is 7.85. The summed E-state index contributed by atoms with van der Waals surface area (Å²) in [4.78, 5) is 37.8. The number of amides is 3. The Bertz CT molecular complexity index is 961. The lowest BCUT2D eigenvalue weighted by atomic mass is 10.1. The summed E-state index contributed by atoms with van der Waals surface area (Å²) >= 11 is 7.29. The largest absolute Gasteiger partial charge is 0.349 e. The summed E-state index contributed by atoms with van der Waals surface area (Å²) in [6.45, 7) is 0. The number of carbonyl (C=O) groups excluding carboxylic acids is 3. The van der Waals surface area contributed by atoms with Gasteiger partial charge in [0.15, 0.2) is 0 Å². The molecule has 0 radical (unpaired) electrons. The molecular weight excluding hydrogens is 398 g/mol. The summed E-state index contributed by atoms with van der Waals surface area (Å²) in [7, 11) is 0. The zero-order chi connectivity index (χ0) is 19.7. The topological polar surface area (TPSA) is 87.3 Å². The Labute approximate surface area is 171 Å². The number of anilines is 2. The Morgan fingerprint density at radius 3 is 2.79 bits per heavy atom. The minimum absolute atomic E-state index is 0.0249.